The Hall–Kier alpha value is -1.86. The van der Waals surface area contributed by atoms with Crippen LogP contribution in [0.25, 0.3) is 5.57 Å². The molecule has 0 heterocycles. The van der Waals surface area contributed by atoms with Crippen molar-refractivity contribution >= 4 is 18.8 Å². The highest BCUT2D eigenvalue weighted by atomic mass is 28.3. The van der Waals surface area contributed by atoms with Gasteiger partial charge in [-0.15, -0.1) is 0 Å². The average molecular weight is 305 g/mol. The van der Waals surface area contributed by atoms with Crippen LogP contribution < -0.4 is 5.19 Å². The third kappa shape index (κ3) is 2.86. The molecule has 3 rings (SSSR count). The Bertz CT molecular complexity index is 716. The summed E-state index contributed by atoms with van der Waals surface area (Å²) in [5.41, 5.74) is 6.03. The first-order valence-electron chi connectivity index (χ1n) is 8.01. The molecule has 22 heavy (non-hydrogen) atoms. The van der Waals surface area contributed by atoms with E-state index in [1.165, 1.54) is 22.3 Å². The summed E-state index contributed by atoms with van der Waals surface area (Å²) in [6, 6.07) is 17.8. The van der Waals surface area contributed by atoms with E-state index in [0.717, 1.165) is 0 Å². The Morgan fingerprint density at radius 3 is 2.14 bits per heavy atom. The molecular formula is C21H24Si. The van der Waals surface area contributed by atoms with E-state index in [2.05, 4.69) is 93.7 Å². The van der Waals surface area contributed by atoms with Crippen molar-refractivity contribution in [1.29, 1.82) is 0 Å². The van der Waals surface area contributed by atoms with Crippen LogP contribution in [-0.4, -0.2) is 8.07 Å². The van der Waals surface area contributed by atoms with E-state index in [1.807, 2.05) is 0 Å². The number of hydrogen-bond acceptors (Lipinski definition) is 0. The number of benzene rings is 2. The molecule has 0 aromatic heterocycles. The fourth-order valence-corrected chi connectivity index (χ4v) is 6.08. The monoisotopic (exact) mass is 304 g/mol. The maximum absolute atomic E-state index is 2.49. The Labute approximate surface area is 135 Å². The normalized spacial score (nSPS) is 17.6. The van der Waals surface area contributed by atoms with Crippen LogP contribution in [0.15, 0.2) is 66.8 Å². The van der Waals surface area contributed by atoms with Gasteiger partial charge >= 0.3 is 0 Å². The molecule has 1 unspecified atom stereocenters. The third-order valence-electron chi connectivity index (χ3n) is 4.75. The van der Waals surface area contributed by atoms with Crippen LogP contribution in [0, 0.1) is 13.8 Å². The van der Waals surface area contributed by atoms with Crippen molar-refractivity contribution in [1.82, 2.24) is 0 Å². The first-order valence-corrected chi connectivity index (χ1v) is 11.1. The smallest absolute Gasteiger partial charge is 0.0793 e. The predicted molar refractivity (Wildman–Crippen MR) is 100 cm³/mol. The number of allylic oxidation sites excluding steroid dienone is 4. The van der Waals surface area contributed by atoms with Crippen molar-refractivity contribution in [3.8, 4) is 0 Å². The van der Waals surface area contributed by atoms with E-state index in [9.17, 15) is 0 Å². The highest BCUT2D eigenvalue weighted by molar-refractivity contribution is 6.91. The minimum atomic E-state index is -1.55. The molecule has 1 aliphatic carbocycles. The number of rotatable bonds is 3. The van der Waals surface area contributed by atoms with Gasteiger partial charge in [0.15, 0.2) is 0 Å². The Morgan fingerprint density at radius 2 is 1.50 bits per heavy atom. The predicted octanol–water partition coefficient (Wildman–Crippen LogP) is 5.24. The Morgan fingerprint density at radius 1 is 0.864 bits per heavy atom. The standard InChI is InChI=1S/C21H24Si/c1-16-12-17(2)14-21(13-16)22(3,4)20-11-10-19(15-20)18-8-6-5-7-9-18/h5-15,20H,1-4H3. The second-order valence-electron chi connectivity index (χ2n) is 6.97. The van der Waals surface area contributed by atoms with Crippen molar-refractivity contribution in [3.63, 3.8) is 0 Å². The molecule has 0 amide bonds. The molecule has 112 valence electrons. The summed E-state index contributed by atoms with van der Waals surface area (Å²) < 4.78 is 0. The van der Waals surface area contributed by atoms with Crippen LogP contribution in [0.3, 0.4) is 0 Å². The van der Waals surface area contributed by atoms with Crippen LogP contribution in [-0.2, 0) is 0 Å². The Balaban J connectivity index is 1.94. The molecule has 0 bridgehead atoms. The fourth-order valence-electron chi connectivity index (χ4n) is 3.32. The molecule has 1 atom stereocenters. The van der Waals surface area contributed by atoms with Gasteiger partial charge in [0.2, 0.25) is 0 Å². The largest absolute Gasteiger partial charge is 0.0912 e. The summed E-state index contributed by atoms with van der Waals surface area (Å²) in [6.45, 7) is 9.38. The van der Waals surface area contributed by atoms with Gasteiger partial charge in [0.05, 0.1) is 8.07 Å². The molecule has 2 aromatic rings. The molecule has 1 heteroatoms. The highest BCUT2D eigenvalue weighted by Crippen LogP contribution is 2.35. The minimum absolute atomic E-state index is 0.573. The van der Waals surface area contributed by atoms with Crippen molar-refractivity contribution in [2.24, 2.45) is 0 Å². The molecule has 0 fully saturated rings. The van der Waals surface area contributed by atoms with E-state index < -0.39 is 8.07 Å². The molecule has 0 saturated carbocycles. The Kier molecular flexibility index (Phi) is 3.92. The van der Waals surface area contributed by atoms with Gasteiger partial charge in [0, 0.05) is 0 Å². The van der Waals surface area contributed by atoms with Gasteiger partial charge in [-0.3, -0.25) is 0 Å². The fraction of sp³-hybridized carbons (Fsp3) is 0.238. The molecule has 0 aliphatic heterocycles. The third-order valence-corrected chi connectivity index (χ3v) is 8.55. The molecule has 0 N–H and O–H groups in total. The van der Waals surface area contributed by atoms with Gasteiger partial charge in [-0.2, -0.15) is 0 Å². The summed E-state index contributed by atoms with van der Waals surface area (Å²) in [5.74, 6) is 0. The van der Waals surface area contributed by atoms with Crippen molar-refractivity contribution in [2.75, 3.05) is 0 Å². The van der Waals surface area contributed by atoms with Gasteiger partial charge in [0.1, 0.15) is 0 Å². The van der Waals surface area contributed by atoms with Crippen LogP contribution in [0.2, 0.25) is 18.6 Å². The maximum atomic E-state index is 2.49. The second-order valence-corrected chi connectivity index (χ2v) is 11.7. The number of aryl methyl sites for hydroxylation is 2. The molecular weight excluding hydrogens is 280 g/mol. The molecule has 1 aliphatic rings. The van der Waals surface area contributed by atoms with Crippen molar-refractivity contribution in [3.05, 3.63) is 83.4 Å². The molecule has 0 saturated heterocycles. The SMILES string of the molecule is Cc1cc(C)cc([Si](C)(C)C2C=CC(c3ccccc3)=C2)c1. The van der Waals surface area contributed by atoms with Crippen LogP contribution in [0.1, 0.15) is 16.7 Å². The minimum Gasteiger partial charge on any atom is -0.0793 e. The molecule has 0 nitrogen and oxygen atoms in total. The molecule has 2 aromatic carbocycles. The molecule has 0 spiro atoms. The zero-order valence-electron chi connectivity index (χ0n) is 13.9. The topological polar surface area (TPSA) is 0 Å². The summed E-state index contributed by atoms with van der Waals surface area (Å²) in [4.78, 5) is 0. The van der Waals surface area contributed by atoms with E-state index >= 15 is 0 Å². The van der Waals surface area contributed by atoms with Gasteiger partial charge in [-0.1, -0.05) is 96.2 Å². The van der Waals surface area contributed by atoms with Crippen LogP contribution in [0.5, 0.6) is 0 Å². The van der Waals surface area contributed by atoms with Crippen LogP contribution in [0.4, 0.5) is 0 Å². The van der Waals surface area contributed by atoms with E-state index in [-0.39, 0.29) is 0 Å². The lowest BCUT2D eigenvalue weighted by molar-refractivity contribution is 1.30. The second kappa shape index (κ2) is 5.73. The summed E-state index contributed by atoms with van der Waals surface area (Å²) in [5, 5.41) is 1.56. The van der Waals surface area contributed by atoms with E-state index in [0.29, 0.717) is 5.54 Å². The first-order chi connectivity index (χ1) is 10.5. The van der Waals surface area contributed by atoms with E-state index in [4.69, 9.17) is 0 Å². The quantitative estimate of drug-likeness (QED) is 0.680. The average Bonchev–Trinajstić information content (AvgIpc) is 2.98. The lowest BCUT2D eigenvalue weighted by Crippen LogP contribution is -2.44. The van der Waals surface area contributed by atoms with Gasteiger partial charge in [-0.25, -0.2) is 0 Å². The number of hydrogen-bond donors (Lipinski definition) is 0. The summed E-state index contributed by atoms with van der Waals surface area (Å²) >= 11 is 0. The van der Waals surface area contributed by atoms with Gasteiger partial charge < -0.3 is 0 Å². The zero-order valence-corrected chi connectivity index (χ0v) is 14.9. The summed E-state index contributed by atoms with van der Waals surface area (Å²) in [7, 11) is -1.55. The van der Waals surface area contributed by atoms with Crippen LogP contribution >= 0.6 is 0 Å². The first kappa shape index (κ1) is 15.0. The molecule has 0 radical (unpaired) electrons. The highest BCUT2D eigenvalue weighted by Gasteiger charge is 2.33. The van der Waals surface area contributed by atoms with E-state index in [1.54, 1.807) is 5.19 Å². The lowest BCUT2D eigenvalue weighted by Gasteiger charge is -2.28. The summed E-state index contributed by atoms with van der Waals surface area (Å²) in [6.07, 6.45) is 7.18. The van der Waals surface area contributed by atoms with Gasteiger partial charge in [0.25, 0.3) is 0 Å². The maximum Gasteiger partial charge on any atom is 0.0912 e. The lowest BCUT2D eigenvalue weighted by atomic mass is 10.1. The van der Waals surface area contributed by atoms with Crippen molar-refractivity contribution < 1.29 is 0 Å². The van der Waals surface area contributed by atoms with Gasteiger partial charge in [-0.05, 0) is 30.5 Å². The van der Waals surface area contributed by atoms with Crippen molar-refractivity contribution in [2.45, 2.75) is 32.5 Å². The zero-order chi connectivity index (χ0) is 15.7.